The van der Waals surface area contributed by atoms with E-state index in [9.17, 15) is 5.26 Å². The fourth-order valence-electron chi connectivity index (χ4n) is 4.67. The van der Waals surface area contributed by atoms with Gasteiger partial charge in [-0.2, -0.15) is 5.26 Å². The first-order valence-electron chi connectivity index (χ1n) is 10.9. The van der Waals surface area contributed by atoms with E-state index in [-0.39, 0.29) is 5.41 Å². The normalized spacial score (nSPS) is 11.7. The van der Waals surface area contributed by atoms with Gasteiger partial charge in [-0.1, -0.05) is 57.2 Å². The maximum atomic E-state index is 9.85. The Morgan fingerprint density at radius 1 is 0.875 bits per heavy atom. The van der Waals surface area contributed by atoms with E-state index in [0.717, 1.165) is 22.4 Å². The van der Waals surface area contributed by atoms with Crippen LogP contribution in [-0.4, -0.2) is 9.55 Å². The Morgan fingerprint density at radius 2 is 1.59 bits per heavy atom. The van der Waals surface area contributed by atoms with Gasteiger partial charge in [0.1, 0.15) is 0 Å². The Bertz CT molecular complexity index is 1510. The largest absolute Gasteiger partial charge is 0.309 e. The van der Waals surface area contributed by atoms with Crippen molar-refractivity contribution in [1.82, 2.24) is 9.55 Å². The summed E-state index contributed by atoms with van der Waals surface area (Å²) < 4.78 is 2.38. The Kier molecular flexibility index (Phi) is 4.60. The lowest BCUT2D eigenvalue weighted by atomic mass is 9.85. The first kappa shape index (κ1) is 20.0. The van der Waals surface area contributed by atoms with Crippen LogP contribution >= 0.6 is 0 Å². The topological polar surface area (TPSA) is 41.6 Å². The van der Waals surface area contributed by atoms with Gasteiger partial charge in [0.25, 0.3) is 0 Å². The standard InChI is InChI=1S/C29H25N3/c1-19-16-21(18-30)24(20-12-14-31-15-13-20)17-27(19)32-26-11-6-5-8-22(26)23-9-7-10-25(28(23)32)29(2,3)4/h5-17H,1-4H3. The zero-order valence-corrected chi connectivity index (χ0v) is 18.8. The van der Waals surface area contributed by atoms with Gasteiger partial charge in [-0.05, 0) is 59.4 Å². The van der Waals surface area contributed by atoms with E-state index in [1.54, 1.807) is 12.4 Å². The number of aryl methyl sites for hydroxylation is 1. The van der Waals surface area contributed by atoms with Crippen LogP contribution < -0.4 is 0 Å². The molecule has 156 valence electrons. The highest BCUT2D eigenvalue weighted by Crippen LogP contribution is 2.40. The minimum Gasteiger partial charge on any atom is -0.309 e. The molecule has 0 atom stereocenters. The maximum absolute atomic E-state index is 9.85. The molecular formula is C29H25N3. The molecule has 3 nitrogen and oxygen atoms in total. The summed E-state index contributed by atoms with van der Waals surface area (Å²) >= 11 is 0. The Hall–Kier alpha value is -3.90. The molecule has 0 aliphatic heterocycles. The number of fused-ring (bicyclic) bond motifs is 3. The van der Waals surface area contributed by atoms with Crippen molar-refractivity contribution in [3.8, 4) is 22.9 Å². The second-order valence-corrected chi connectivity index (χ2v) is 9.34. The van der Waals surface area contributed by atoms with Crippen LogP contribution in [0.4, 0.5) is 0 Å². The lowest BCUT2D eigenvalue weighted by Gasteiger charge is -2.23. The van der Waals surface area contributed by atoms with E-state index >= 15 is 0 Å². The molecule has 0 spiro atoms. The second-order valence-electron chi connectivity index (χ2n) is 9.34. The molecule has 0 fully saturated rings. The van der Waals surface area contributed by atoms with Gasteiger partial charge in [-0.3, -0.25) is 4.98 Å². The van der Waals surface area contributed by atoms with Crippen LogP contribution in [0.5, 0.6) is 0 Å². The van der Waals surface area contributed by atoms with Gasteiger partial charge in [0.2, 0.25) is 0 Å². The van der Waals surface area contributed by atoms with E-state index in [1.165, 1.54) is 27.4 Å². The predicted molar refractivity (Wildman–Crippen MR) is 132 cm³/mol. The summed E-state index contributed by atoms with van der Waals surface area (Å²) in [5, 5.41) is 12.3. The Morgan fingerprint density at radius 3 is 2.31 bits per heavy atom. The summed E-state index contributed by atoms with van der Waals surface area (Å²) in [6, 6.07) is 25.7. The van der Waals surface area contributed by atoms with Crippen LogP contribution in [-0.2, 0) is 5.41 Å². The molecule has 0 aliphatic rings. The van der Waals surface area contributed by atoms with Crippen molar-refractivity contribution in [1.29, 1.82) is 5.26 Å². The molecule has 2 heterocycles. The molecule has 0 saturated heterocycles. The van der Waals surface area contributed by atoms with Gasteiger partial charge >= 0.3 is 0 Å². The smallest absolute Gasteiger partial charge is 0.0998 e. The molecular weight excluding hydrogens is 390 g/mol. The number of benzene rings is 3. The average Bonchev–Trinajstić information content (AvgIpc) is 3.13. The van der Waals surface area contributed by atoms with Gasteiger partial charge in [-0.15, -0.1) is 0 Å². The highest BCUT2D eigenvalue weighted by molar-refractivity contribution is 6.10. The zero-order valence-electron chi connectivity index (χ0n) is 18.8. The van der Waals surface area contributed by atoms with Crippen molar-refractivity contribution in [2.75, 3.05) is 0 Å². The molecule has 5 aromatic rings. The summed E-state index contributed by atoms with van der Waals surface area (Å²) in [6.07, 6.45) is 3.54. The van der Waals surface area contributed by atoms with E-state index in [4.69, 9.17) is 0 Å². The van der Waals surface area contributed by atoms with Gasteiger partial charge < -0.3 is 4.57 Å². The van der Waals surface area contributed by atoms with E-state index in [2.05, 4.69) is 91.8 Å². The zero-order chi connectivity index (χ0) is 22.5. The van der Waals surface area contributed by atoms with Crippen molar-refractivity contribution < 1.29 is 0 Å². The molecule has 0 radical (unpaired) electrons. The summed E-state index contributed by atoms with van der Waals surface area (Å²) in [6.45, 7) is 8.88. The van der Waals surface area contributed by atoms with E-state index < -0.39 is 0 Å². The third-order valence-corrected chi connectivity index (χ3v) is 6.19. The lowest BCUT2D eigenvalue weighted by molar-refractivity contribution is 0.594. The SMILES string of the molecule is Cc1cc(C#N)c(-c2ccncc2)cc1-n1c2ccccc2c2cccc(C(C)(C)C)c21. The first-order valence-corrected chi connectivity index (χ1v) is 10.9. The number of rotatable bonds is 2. The quantitative estimate of drug-likeness (QED) is 0.303. The summed E-state index contributed by atoms with van der Waals surface area (Å²) in [5.41, 5.74) is 8.46. The Balaban J connectivity index is 1.95. The highest BCUT2D eigenvalue weighted by Gasteiger charge is 2.23. The minimum absolute atomic E-state index is 0.0138. The summed E-state index contributed by atoms with van der Waals surface area (Å²) in [5.74, 6) is 0. The number of nitriles is 1. The van der Waals surface area contributed by atoms with Crippen LogP contribution in [0.15, 0.2) is 79.1 Å². The fourth-order valence-corrected chi connectivity index (χ4v) is 4.67. The Labute approximate surface area is 188 Å². The number of aromatic nitrogens is 2. The van der Waals surface area contributed by atoms with Crippen molar-refractivity contribution in [3.63, 3.8) is 0 Å². The molecule has 32 heavy (non-hydrogen) atoms. The fraction of sp³-hybridized carbons (Fsp3) is 0.172. The maximum Gasteiger partial charge on any atom is 0.0998 e. The van der Waals surface area contributed by atoms with E-state index in [1.807, 2.05) is 18.2 Å². The third-order valence-electron chi connectivity index (χ3n) is 6.19. The van der Waals surface area contributed by atoms with Crippen molar-refractivity contribution in [2.24, 2.45) is 0 Å². The molecule has 5 rings (SSSR count). The first-order chi connectivity index (χ1) is 15.4. The molecule has 0 aliphatic carbocycles. The number of hydrogen-bond donors (Lipinski definition) is 0. The van der Waals surface area contributed by atoms with Crippen molar-refractivity contribution >= 4 is 21.8 Å². The predicted octanol–water partition coefficient (Wildman–Crippen LogP) is 7.32. The number of para-hydroxylation sites is 2. The van der Waals surface area contributed by atoms with Gasteiger partial charge in [0.05, 0.1) is 22.7 Å². The highest BCUT2D eigenvalue weighted by atomic mass is 15.0. The minimum atomic E-state index is -0.0138. The summed E-state index contributed by atoms with van der Waals surface area (Å²) in [4.78, 5) is 4.15. The third kappa shape index (κ3) is 3.08. The molecule has 0 amide bonds. The molecule has 0 unspecified atom stereocenters. The van der Waals surface area contributed by atoms with Crippen LogP contribution in [0, 0.1) is 18.3 Å². The average molecular weight is 416 g/mol. The number of nitrogens with zero attached hydrogens (tertiary/aromatic N) is 3. The van der Waals surface area contributed by atoms with Crippen LogP contribution in [0.2, 0.25) is 0 Å². The molecule has 0 N–H and O–H groups in total. The number of hydrogen-bond acceptors (Lipinski definition) is 2. The molecule has 3 aromatic carbocycles. The monoisotopic (exact) mass is 415 g/mol. The molecule has 0 saturated carbocycles. The van der Waals surface area contributed by atoms with Crippen LogP contribution in [0.1, 0.15) is 37.5 Å². The van der Waals surface area contributed by atoms with Crippen LogP contribution in [0.25, 0.3) is 38.6 Å². The van der Waals surface area contributed by atoms with Gasteiger partial charge in [0, 0.05) is 34.4 Å². The van der Waals surface area contributed by atoms with Crippen molar-refractivity contribution in [3.05, 3.63) is 95.8 Å². The molecule has 3 heteroatoms. The number of pyridine rings is 1. The molecule has 2 aromatic heterocycles. The van der Waals surface area contributed by atoms with Gasteiger partial charge in [0.15, 0.2) is 0 Å². The summed E-state index contributed by atoms with van der Waals surface area (Å²) in [7, 11) is 0. The second kappa shape index (κ2) is 7.35. The van der Waals surface area contributed by atoms with Crippen molar-refractivity contribution in [2.45, 2.75) is 33.1 Å². The molecule has 0 bridgehead atoms. The lowest BCUT2D eigenvalue weighted by Crippen LogP contribution is -2.13. The van der Waals surface area contributed by atoms with E-state index in [0.29, 0.717) is 5.56 Å². The van der Waals surface area contributed by atoms with Gasteiger partial charge in [-0.25, -0.2) is 0 Å². The van der Waals surface area contributed by atoms with Crippen LogP contribution in [0.3, 0.4) is 0 Å².